The maximum atomic E-state index is 11.7. The summed E-state index contributed by atoms with van der Waals surface area (Å²) in [6.45, 7) is 6.68. The van der Waals surface area contributed by atoms with Gasteiger partial charge in [0.2, 0.25) is 5.95 Å². The summed E-state index contributed by atoms with van der Waals surface area (Å²) in [6.07, 6.45) is 2.42. The number of carbonyl (C=O) groups is 1. The van der Waals surface area contributed by atoms with Gasteiger partial charge >= 0.3 is 6.09 Å². The molecule has 24 heavy (non-hydrogen) atoms. The lowest BCUT2D eigenvalue weighted by Gasteiger charge is -2.34. The van der Waals surface area contributed by atoms with Crippen LogP contribution in [0.1, 0.15) is 13.3 Å². The first-order valence-corrected chi connectivity index (χ1v) is 8.35. The van der Waals surface area contributed by atoms with Gasteiger partial charge in [-0.05, 0) is 34.0 Å². The smallest absolute Gasteiger partial charge is 0.409 e. The summed E-state index contributed by atoms with van der Waals surface area (Å²) < 4.78 is 5.03. The number of aromatic nitrogens is 3. The number of nitrogens with zero attached hydrogens (tertiary/aromatic N) is 6. The molecule has 9 nitrogen and oxygen atoms in total. The third-order valence-electron chi connectivity index (χ3n) is 3.74. The van der Waals surface area contributed by atoms with Crippen molar-refractivity contribution in [3.63, 3.8) is 0 Å². The van der Waals surface area contributed by atoms with Crippen LogP contribution in [0.25, 0.3) is 0 Å². The number of carbonyl (C=O) groups excluding carboxylic acids is 1. The predicted molar refractivity (Wildman–Crippen MR) is 92.3 cm³/mol. The molecule has 2 rings (SSSR count). The van der Waals surface area contributed by atoms with Crippen LogP contribution in [0, 0.1) is 0 Å². The highest BCUT2D eigenvalue weighted by Gasteiger charge is 2.23. The van der Waals surface area contributed by atoms with E-state index in [1.165, 1.54) is 0 Å². The fourth-order valence-corrected chi connectivity index (χ4v) is 2.45. The van der Waals surface area contributed by atoms with Crippen molar-refractivity contribution in [1.29, 1.82) is 0 Å². The first kappa shape index (κ1) is 18.2. The van der Waals surface area contributed by atoms with E-state index in [0.29, 0.717) is 38.7 Å². The van der Waals surface area contributed by atoms with Gasteiger partial charge in [-0.1, -0.05) is 0 Å². The van der Waals surface area contributed by atoms with Crippen LogP contribution in [0.15, 0.2) is 6.20 Å². The van der Waals surface area contributed by atoms with Crippen LogP contribution in [-0.4, -0.2) is 91.0 Å². The van der Waals surface area contributed by atoms with Gasteiger partial charge in [-0.15, -0.1) is 5.10 Å². The van der Waals surface area contributed by atoms with Crippen LogP contribution in [0.3, 0.4) is 0 Å². The molecular weight excluding hydrogens is 310 g/mol. The van der Waals surface area contributed by atoms with Gasteiger partial charge in [-0.2, -0.15) is 10.1 Å². The normalized spacial score (nSPS) is 14.8. The molecule has 0 aliphatic carbocycles. The molecule has 0 radical (unpaired) electrons. The van der Waals surface area contributed by atoms with Crippen molar-refractivity contribution in [2.24, 2.45) is 0 Å². The molecule has 0 bridgehead atoms. The summed E-state index contributed by atoms with van der Waals surface area (Å²) in [7, 11) is 4.10. The molecule has 0 aromatic carbocycles. The zero-order chi connectivity index (χ0) is 17.4. The highest BCUT2D eigenvalue weighted by Crippen LogP contribution is 2.14. The Labute approximate surface area is 143 Å². The van der Waals surface area contributed by atoms with Gasteiger partial charge in [-0.3, -0.25) is 0 Å². The fraction of sp³-hybridized carbons (Fsp3) is 0.733. The average molecular weight is 337 g/mol. The molecule has 1 amide bonds. The van der Waals surface area contributed by atoms with Crippen molar-refractivity contribution in [3.05, 3.63) is 6.20 Å². The first-order chi connectivity index (χ1) is 11.6. The molecule has 2 heterocycles. The summed E-state index contributed by atoms with van der Waals surface area (Å²) in [4.78, 5) is 22.2. The highest BCUT2D eigenvalue weighted by atomic mass is 16.6. The van der Waals surface area contributed by atoms with E-state index in [4.69, 9.17) is 4.74 Å². The molecule has 134 valence electrons. The third-order valence-corrected chi connectivity index (χ3v) is 3.74. The van der Waals surface area contributed by atoms with Crippen LogP contribution < -0.4 is 10.2 Å². The molecule has 0 unspecified atom stereocenters. The molecule has 1 saturated heterocycles. The number of hydrogen-bond acceptors (Lipinski definition) is 8. The van der Waals surface area contributed by atoms with Crippen molar-refractivity contribution >= 4 is 17.9 Å². The molecule has 9 heteroatoms. The summed E-state index contributed by atoms with van der Waals surface area (Å²) >= 11 is 0. The van der Waals surface area contributed by atoms with Gasteiger partial charge in [0.25, 0.3) is 0 Å². The standard InChI is InChI=1S/C15H27N7O2/c1-4-24-15(23)22-10-8-21(9-11-22)13-12-17-19-14(18-13)16-6-5-7-20(2)3/h12H,4-11H2,1-3H3,(H,16,18,19). The minimum Gasteiger partial charge on any atom is -0.450 e. The molecule has 1 aromatic rings. The van der Waals surface area contributed by atoms with Crippen molar-refractivity contribution in [2.45, 2.75) is 13.3 Å². The summed E-state index contributed by atoms with van der Waals surface area (Å²) in [5.74, 6) is 1.32. The second kappa shape index (κ2) is 9.21. The SMILES string of the molecule is CCOC(=O)N1CCN(c2cnnc(NCCCN(C)C)n2)CC1. The van der Waals surface area contributed by atoms with Crippen molar-refractivity contribution in [1.82, 2.24) is 25.0 Å². The Morgan fingerprint density at radius 3 is 2.75 bits per heavy atom. The lowest BCUT2D eigenvalue weighted by Crippen LogP contribution is -2.49. The van der Waals surface area contributed by atoms with Crippen LogP contribution in [0.5, 0.6) is 0 Å². The average Bonchev–Trinajstić information content (AvgIpc) is 2.59. The Morgan fingerprint density at radius 2 is 2.08 bits per heavy atom. The van der Waals surface area contributed by atoms with Crippen molar-refractivity contribution in [2.75, 3.05) is 70.2 Å². The second-order valence-corrected chi connectivity index (χ2v) is 5.89. The van der Waals surface area contributed by atoms with Crippen LogP contribution >= 0.6 is 0 Å². The summed E-state index contributed by atoms with van der Waals surface area (Å²) in [5, 5.41) is 11.2. The Balaban J connectivity index is 1.82. The monoisotopic (exact) mass is 337 g/mol. The number of anilines is 2. The van der Waals surface area contributed by atoms with Gasteiger partial charge in [0.15, 0.2) is 5.82 Å². The second-order valence-electron chi connectivity index (χ2n) is 5.89. The van der Waals surface area contributed by atoms with Gasteiger partial charge in [0, 0.05) is 32.7 Å². The predicted octanol–water partition coefficient (Wildman–Crippen LogP) is 0.514. The third kappa shape index (κ3) is 5.48. The summed E-state index contributed by atoms with van der Waals surface area (Å²) in [5.41, 5.74) is 0. The number of nitrogens with one attached hydrogen (secondary N) is 1. The Hall–Kier alpha value is -2.16. The van der Waals surface area contributed by atoms with Crippen LogP contribution in [0.2, 0.25) is 0 Å². The summed E-state index contributed by atoms with van der Waals surface area (Å²) in [6, 6.07) is 0. The van der Waals surface area contributed by atoms with E-state index in [0.717, 1.165) is 25.3 Å². The van der Waals surface area contributed by atoms with Gasteiger partial charge in [-0.25, -0.2) is 4.79 Å². The fourth-order valence-electron chi connectivity index (χ4n) is 2.45. The molecule has 1 aromatic heterocycles. The zero-order valence-electron chi connectivity index (χ0n) is 14.7. The van der Waals surface area contributed by atoms with E-state index in [2.05, 4.69) is 44.4 Å². The van der Waals surface area contributed by atoms with Gasteiger partial charge < -0.3 is 24.8 Å². The molecule has 1 aliphatic heterocycles. The number of ether oxygens (including phenoxy) is 1. The minimum atomic E-state index is -0.249. The Bertz CT molecular complexity index is 518. The maximum Gasteiger partial charge on any atom is 0.409 e. The molecule has 1 aliphatic rings. The first-order valence-electron chi connectivity index (χ1n) is 8.35. The van der Waals surface area contributed by atoms with E-state index in [1.54, 1.807) is 11.1 Å². The Morgan fingerprint density at radius 1 is 1.33 bits per heavy atom. The zero-order valence-corrected chi connectivity index (χ0v) is 14.7. The number of hydrogen-bond donors (Lipinski definition) is 1. The number of piperazine rings is 1. The van der Waals surface area contributed by atoms with E-state index in [9.17, 15) is 4.79 Å². The van der Waals surface area contributed by atoms with Crippen LogP contribution in [-0.2, 0) is 4.74 Å². The van der Waals surface area contributed by atoms with Gasteiger partial charge in [0.1, 0.15) is 0 Å². The Kier molecular flexibility index (Phi) is 6.98. The topological polar surface area (TPSA) is 86.7 Å². The molecular formula is C15H27N7O2. The van der Waals surface area contributed by atoms with E-state index in [-0.39, 0.29) is 6.09 Å². The lowest BCUT2D eigenvalue weighted by molar-refractivity contribution is 0.105. The maximum absolute atomic E-state index is 11.7. The molecule has 1 N–H and O–H groups in total. The largest absolute Gasteiger partial charge is 0.450 e. The van der Waals surface area contributed by atoms with Crippen LogP contribution in [0.4, 0.5) is 16.6 Å². The quantitative estimate of drug-likeness (QED) is 0.721. The molecule has 0 spiro atoms. The van der Waals surface area contributed by atoms with Gasteiger partial charge in [0.05, 0.1) is 12.8 Å². The van der Waals surface area contributed by atoms with E-state index in [1.807, 2.05) is 6.92 Å². The molecule has 0 atom stereocenters. The van der Waals surface area contributed by atoms with E-state index < -0.39 is 0 Å². The highest BCUT2D eigenvalue weighted by molar-refractivity contribution is 5.68. The van der Waals surface area contributed by atoms with Crippen molar-refractivity contribution < 1.29 is 9.53 Å². The minimum absolute atomic E-state index is 0.249. The lowest BCUT2D eigenvalue weighted by atomic mass is 10.3. The number of rotatable bonds is 7. The molecule has 1 fully saturated rings. The molecule has 0 saturated carbocycles. The number of amides is 1. The van der Waals surface area contributed by atoms with E-state index >= 15 is 0 Å². The van der Waals surface area contributed by atoms with Crippen molar-refractivity contribution in [3.8, 4) is 0 Å².